The van der Waals surface area contributed by atoms with E-state index in [2.05, 4.69) is 10.9 Å². The maximum absolute atomic E-state index is 11.7. The molecule has 2 aromatic carbocycles. The van der Waals surface area contributed by atoms with E-state index in [1.165, 1.54) is 6.08 Å². The van der Waals surface area contributed by atoms with Crippen molar-refractivity contribution in [2.45, 2.75) is 0 Å². The number of hydrogen-bond donors (Lipinski definition) is 2. The highest BCUT2D eigenvalue weighted by molar-refractivity contribution is 6.32. The second kappa shape index (κ2) is 7.26. The summed E-state index contributed by atoms with van der Waals surface area (Å²) in [5.41, 5.74) is 5.82. The van der Waals surface area contributed by atoms with E-state index in [9.17, 15) is 9.59 Å². The molecule has 0 fully saturated rings. The summed E-state index contributed by atoms with van der Waals surface area (Å²) in [7, 11) is 0. The van der Waals surface area contributed by atoms with Crippen molar-refractivity contribution < 1.29 is 9.59 Å². The first-order valence-corrected chi connectivity index (χ1v) is 6.62. The van der Waals surface area contributed by atoms with E-state index in [-0.39, 0.29) is 5.91 Å². The van der Waals surface area contributed by atoms with Gasteiger partial charge in [0.1, 0.15) is 0 Å². The molecule has 21 heavy (non-hydrogen) atoms. The molecule has 2 amide bonds. The van der Waals surface area contributed by atoms with Crippen LogP contribution < -0.4 is 10.9 Å². The Hall–Kier alpha value is -2.59. The van der Waals surface area contributed by atoms with E-state index in [4.69, 9.17) is 11.6 Å². The van der Waals surface area contributed by atoms with Gasteiger partial charge in [0, 0.05) is 16.7 Å². The Morgan fingerprint density at radius 1 is 0.905 bits per heavy atom. The molecule has 0 bridgehead atoms. The van der Waals surface area contributed by atoms with Crippen LogP contribution in [0, 0.1) is 0 Å². The van der Waals surface area contributed by atoms with Crippen LogP contribution in [0.1, 0.15) is 15.9 Å². The van der Waals surface area contributed by atoms with Crippen molar-refractivity contribution in [2.24, 2.45) is 0 Å². The number of benzene rings is 2. The van der Waals surface area contributed by atoms with Crippen LogP contribution in [0.5, 0.6) is 0 Å². The normalized spacial score (nSPS) is 10.3. The summed E-state index contributed by atoms with van der Waals surface area (Å²) in [5.74, 6) is -0.825. The number of carbonyl (C=O) groups is 2. The molecule has 0 saturated heterocycles. The Labute approximate surface area is 127 Å². The number of rotatable bonds is 3. The molecule has 0 spiro atoms. The fraction of sp³-hybridized carbons (Fsp3) is 0. The quantitative estimate of drug-likeness (QED) is 0.676. The molecular formula is C16H13ClN2O2. The highest BCUT2D eigenvalue weighted by Gasteiger charge is 2.04. The fourth-order valence-electron chi connectivity index (χ4n) is 1.60. The van der Waals surface area contributed by atoms with E-state index in [1.54, 1.807) is 48.5 Å². The van der Waals surface area contributed by atoms with Crippen LogP contribution in [0.2, 0.25) is 5.02 Å². The van der Waals surface area contributed by atoms with Gasteiger partial charge in [-0.15, -0.1) is 0 Å². The summed E-state index contributed by atoms with van der Waals surface area (Å²) in [6.45, 7) is 0. The van der Waals surface area contributed by atoms with Crippen molar-refractivity contribution in [1.29, 1.82) is 0 Å². The minimum atomic E-state index is -0.445. The van der Waals surface area contributed by atoms with Crippen LogP contribution >= 0.6 is 11.6 Å². The first-order chi connectivity index (χ1) is 10.2. The van der Waals surface area contributed by atoms with Gasteiger partial charge >= 0.3 is 0 Å². The van der Waals surface area contributed by atoms with Gasteiger partial charge in [0.05, 0.1) is 0 Å². The van der Waals surface area contributed by atoms with Gasteiger partial charge in [-0.2, -0.15) is 0 Å². The van der Waals surface area contributed by atoms with E-state index in [1.807, 2.05) is 12.1 Å². The number of hydrogen-bond acceptors (Lipinski definition) is 2. The number of hydrazine groups is 1. The Balaban J connectivity index is 1.88. The summed E-state index contributed by atoms with van der Waals surface area (Å²) >= 11 is 5.96. The molecule has 5 heteroatoms. The van der Waals surface area contributed by atoms with Crippen LogP contribution in [0.4, 0.5) is 0 Å². The molecule has 0 atom stereocenters. The summed E-state index contributed by atoms with van der Waals surface area (Å²) < 4.78 is 0. The Kier molecular flexibility index (Phi) is 5.12. The number of carbonyl (C=O) groups excluding carboxylic acids is 2. The van der Waals surface area contributed by atoms with E-state index >= 15 is 0 Å². The maximum atomic E-state index is 11.7. The van der Waals surface area contributed by atoms with E-state index in [0.29, 0.717) is 10.6 Å². The van der Waals surface area contributed by atoms with Crippen LogP contribution in [-0.2, 0) is 4.79 Å². The molecule has 2 N–H and O–H groups in total. The SMILES string of the molecule is O=C(C=Cc1ccccc1Cl)NNC(=O)c1ccccc1. The van der Waals surface area contributed by atoms with Crippen molar-refractivity contribution in [3.05, 3.63) is 76.8 Å². The molecular weight excluding hydrogens is 288 g/mol. The van der Waals surface area contributed by atoms with Gasteiger partial charge in [-0.3, -0.25) is 20.4 Å². The molecule has 0 aliphatic carbocycles. The summed E-state index contributed by atoms with van der Waals surface area (Å²) in [5, 5.41) is 0.551. The average Bonchev–Trinajstić information content (AvgIpc) is 2.52. The predicted molar refractivity (Wildman–Crippen MR) is 82.5 cm³/mol. The first-order valence-electron chi connectivity index (χ1n) is 6.25. The van der Waals surface area contributed by atoms with Gasteiger partial charge in [0.25, 0.3) is 11.8 Å². The van der Waals surface area contributed by atoms with E-state index in [0.717, 1.165) is 5.56 Å². The highest BCUT2D eigenvalue weighted by atomic mass is 35.5. The monoisotopic (exact) mass is 300 g/mol. The van der Waals surface area contributed by atoms with Gasteiger partial charge < -0.3 is 0 Å². The van der Waals surface area contributed by atoms with Crippen molar-refractivity contribution in [2.75, 3.05) is 0 Å². The van der Waals surface area contributed by atoms with Crippen molar-refractivity contribution >= 4 is 29.5 Å². The molecule has 106 valence electrons. The molecule has 0 unspecified atom stereocenters. The lowest BCUT2D eigenvalue weighted by Gasteiger charge is -2.05. The Morgan fingerprint density at radius 2 is 1.57 bits per heavy atom. The van der Waals surface area contributed by atoms with Gasteiger partial charge in [0.2, 0.25) is 0 Å². The minimum Gasteiger partial charge on any atom is -0.268 e. The lowest BCUT2D eigenvalue weighted by Crippen LogP contribution is -2.40. The first kappa shape index (κ1) is 14.8. The van der Waals surface area contributed by atoms with Crippen LogP contribution in [0.15, 0.2) is 60.7 Å². The molecule has 0 saturated carbocycles. The second-order valence-electron chi connectivity index (χ2n) is 4.16. The lowest BCUT2D eigenvalue weighted by atomic mass is 10.2. The van der Waals surface area contributed by atoms with Gasteiger partial charge in [-0.05, 0) is 29.8 Å². The number of halogens is 1. The molecule has 0 radical (unpaired) electrons. The zero-order chi connectivity index (χ0) is 15.1. The zero-order valence-corrected chi connectivity index (χ0v) is 11.8. The highest BCUT2D eigenvalue weighted by Crippen LogP contribution is 2.15. The molecule has 0 aliphatic heterocycles. The molecule has 2 rings (SSSR count). The minimum absolute atomic E-state index is 0.380. The maximum Gasteiger partial charge on any atom is 0.269 e. The standard InChI is InChI=1S/C16H13ClN2O2/c17-14-9-5-4-6-12(14)10-11-15(20)18-19-16(21)13-7-2-1-3-8-13/h1-11H,(H,18,20)(H,19,21). The van der Waals surface area contributed by atoms with Crippen LogP contribution in [-0.4, -0.2) is 11.8 Å². The molecule has 2 aromatic rings. The Bertz CT molecular complexity index is 669. The van der Waals surface area contributed by atoms with Crippen molar-refractivity contribution in [1.82, 2.24) is 10.9 Å². The smallest absolute Gasteiger partial charge is 0.268 e. The largest absolute Gasteiger partial charge is 0.269 e. The van der Waals surface area contributed by atoms with Gasteiger partial charge in [0.15, 0.2) is 0 Å². The number of amides is 2. The average molecular weight is 301 g/mol. The van der Waals surface area contributed by atoms with Gasteiger partial charge in [-0.1, -0.05) is 48.0 Å². The zero-order valence-electron chi connectivity index (χ0n) is 11.0. The van der Waals surface area contributed by atoms with Crippen LogP contribution in [0.25, 0.3) is 6.08 Å². The summed E-state index contributed by atoms with van der Waals surface area (Å²) in [6.07, 6.45) is 2.87. The Morgan fingerprint density at radius 3 is 2.29 bits per heavy atom. The number of nitrogens with one attached hydrogen (secondary N) is 2. The third kappa shape index (κ3) is 4.47. The third-order valence-electron chi connectivity index (χ3n) is 2.65. The molecule has 4 nitrogen and oxygen atoms in total. The van der Waals surface area contributed by atoms with Crippen LogP contribution in [0.3, 0.4) is 0 Å². The lowest BCUT2D eigenvalue weighted by molar-refractivity contribution is -0.117. The predicted octanol–water partition coefficient (Wildman–Crippen LogP) is 2.81. The second-order valence-corrected chi connectivity index (χ2v) is 4.57. The van der Waals surface area contributed by atoms with Gasteiger partial charge in [-0.25, -0.2) is 0 Å². The molecule has 0 aromatic heterocycles. The molecule has 0 heterocycles. The molecule has 0 aliphatic rings. The summed E-state index contributed by atoms with van der Waals surface area (Å²) in [4.78, 5) is 23.3. The van der Waals surface area contributed by atoms with Crippen molar-refractivity contribution in [3.8, 4) is 0 Å². The van der Waals surface area contributed by atoms with Crippen molar-refractivity contribution in [3.63, 3.8) is 0 Å². The topological polar surface area (TPSA) is 58.2 Å². The van der Waals surface area contributed by atoms with E-state index < -0.39 is 5.91 Å². The third-order valence-corrected chi connectivity index (χ3v) is 3.00. The fourth-order valence-corrected chi connectivity index (χ4v) is 1.80. The summed E-state index contributed by atoms with van der Waals surface area (Å²) in [6, 6.07) is 15.7.